The lowest BCUT2D eigenvalue weighted by Gasteiger charge is -2.05. The molecule has 16 heavy (non-hydrogen) atoms. The smallest absolute Gasteiger partial charge is 0.150 e. The van der Waals surface area contributed by atoms with E-state index in [4.69, 9.17) is 34.8 Å². The van der Waals surface area contributed by atoms with E-state index < -0.39 is 0 Å². The summed E-state index contributed by atoms with van der Waals surface area (Å²) >= 11 is 12.1. The van der Waals surface area contributed by atoms with E-state index in [1.165, 1.54) is 4.68 Å². The van der Waals surface area contributed by atoms with Gasteiger partial charge in [0, 0.05) is 5.56 Å². The highest BCUT2D eigenvalue weighted by molar-refractivity contribution is 6.39. The van der Waals surface area contributed by atoms with E-state index >= 15 is 0 Å². The van der Waals surface area contributed by atoms with Crippen LogP contribution in [-0.2, 0) is 0 Å². The summed E-state index contributed by atoms with van der Waals surface area (Å²) in [6.07, 6.45) is 0. The molecule has 1 aromatic carbocycles. The van der Waals surface area contributed by atoms with Gasteiger partial charge in [-0.25, -0.2) is 9.66 Å². The molecule has 1 heterocycles. The standard InChI is InChI=1S/C10H10Cl2N4/c1-5-15-9(10(13)16(5)14)8-6(11)3-2-4-7(8)12/h2-4H,13-14H2,1H3. The van der Waals surface area contributed by atoms with Crippen molar-refractivity contribution in [3.63, 3.8) is 0 Å². The van der Waals surface area contributed by atoms with Gasteiger partial charge in [0.25, 0.3) is 0 Å². The van der Waals surface area contributed by atoms with Crippen LogP contribution in [0.5, 0.6) is 0 Å². The molecule has 2 aromatic rings. The zero-order valence-corrected chi connectivity index (χ0v) is 10.0. The maximum absolute atomic E-state index is 6.07. The van der Waals surface area contributed by atoms with Gasteiger partial charge in [0.15, 0.2) is 5.82 Å². The summed E-state index contributed by atoms with van der Waals surface area (Å²) in [6, 6.07) is 5.22. The summed E-state index contributed by atoms with van der Waals surface area (Å²) in [5.41, 5.74) is 6.95. The summed E-state index contributed by atoms with van der Waals surface area (Å²) in [4.78, 5) is 4.25. The van der Waals surface area contributed by atoms with Crippen LogP contribution in [0, 0.1) is 6.92 Å². The highest BCUT2D eigenvalue weighted by atomic mass is 35.5. The molecule has 0 fully saturated rings. The zero-order chi connectivity index (χ0) is 11.9. The van der Waals surface area contributed by atoms with E-state index in [0.717, 1.165) is 0 Å². The van der Waals surface area contributed by atoms with Crippen molar-refractivity contribution in [2.75, 3.05) is 11.6 Å². The van der Waals surface area contributed by atoms with Crippen LogP contribution in [0.1, 0.15) is 5.82 Å². The molecule has 0 amide bonds. The number of aromatic nitrogens is 2. The lowest BCUT2D eigenvalue weighted by atomic mass is 10.1. The van der Waals surface area contributed by atoms with Crippen molar-refractivity contribution in [3.05, 3.63) is 34.1 Å². The fraction of sp³-hybridized carbons (Fsp3) is 0.100. The molecule has 4 nitrogen and oxygen atoms in total. The average Bonchev–Trinajstić information content (AvgIpc) is 2.47. The van der Waals surface area contributed by atoms with Gasteiger partial charge in [0.1, 0.15) is 11.5 Å². The number of nitrogens with two attached hydrogens (primary N) is 2. The van der Waals surface area contributed by atoms with E-state index in [9.17, 15) is 0 Å². The first-order valence-corrected chi connectivity index (χ1v) is 5.32. The molecule has 0 radical (unpaired) electrons. The largest absolute Gasteiger partial charge is 0.382 e. The Morgan fingerprint density at radius 1 is 1.25 bits per heavy atom. The minimum atomic E-state index is 0.340. The lowest BCUT2D eigenvalue weighted by Crippen LogP contribution is -2.13. The van der Waals surface area contributed by atoms with Gasteiger partial charge in [0.2, 0.25) is 0 Å². The number of nitrogen functional groups attached to an aromatic ring is 2. The molecular formula is C10H10Cl2N4. The second-order valence-corrected chi connectivity index (χ2v) is 4.17. The van der Waals surface area contributed by atoms with Crippen LogP contribution < -0.4 is 11.6 Å². The fourth-order valence-electron chi connectivity index (χ4n) is 1.47. The second-order valence-electron chi connectivity index (χ2n) is 3.36. The number of rotatable bonds is 1. The summed E-state index contributed by atoms with van der Waals surface area (Å²) < 4.78 is 1.30. The number of halogens is 2. The summed E-state index contributed by atoms with van der Waals surface area (Å²) in [5.74, 6) is 6.62. The number of hydrogen-bond donors (Lipinski definition) is 2. The highest BCUT2D eigenvalue weighted by Crippen LogP contribution is 2.36. The Hall–Kier alpha value is -1.39. The van der Waals surface area contributed by atoms with Crippen LogP contribution >= 0.6 is 23.2 Å². The number of imidazole rings is 1. The van der Waals surface area contributed by atoms with Crippen molar-refractivity contribution in [1.29, 1.82) is 0 Å². The SMILES string of the molecule is Cc1nc(-c2c(Cl)cccc2Cl)c(N)n1N. The molecule has 2 rings (SSSR count). The van der Waals surface area contributed by atoms with Gasteiger partial charge < -0.3 is 11.6 Å². The fourth-order valence-corrected chi connectivity index (χ4v) is 2.05. The van der Waals surface area contributed by atoms with Gasteiger partial charge in [-0.05, 0) is 19.1 Å². The van der Waals surface area contributed by atoms with Gasteiger partial charge in [-0.1, -0.05) is 29.3 Å². The molecule has 0 bridgehead atoms. The third kappa shape index (κ3) is 1.60. The van der Waals surface area contributed by atoms with Crippen molar-refractivity contribution in [2.45, 2.75) is 6.92 Å². The van der Waals surface area contributed by atoms with Gasteiger partial charge >= 0.3 is 0 Å². The number of nitrogens with zero attached hydrogens (tertiary/aromatic N) is 2. The minimum absolute atomic E-state index is 0.340. The number of aryl methyl sites for hydroxylation is 1. The first-order valence-electron chi connectivity index (χ1n) is 4.56. The first kappa shape index (κ1) is 11.1. The molecule has 0 atom stereocenters. The first-order chi connectivity index (χ1) is 7.52. The van der Waals surface area contributed by atoms with Gasteiger partial charge in [-0.15, -0.1) is 0 Å². The Morgan fingerprint density at radius 3 is 2.25 bits per heavy atom. The van der Waals surface area contributed by atoms with E-state index in [1.807, 2.05) is 0 Å². The van der Waals surface area contributed by atoms with Crippen molar-refractivity contribution >= 4 is 29.0 Å². The van der Waals surface area contributed by atoms with Crippen LogP contribution in [0.15, 0.2) is 18.2 Å². The molecule has 84 valence electrons. The Labute approximate surface area is 103 Å². The van der Waals surface area contributed by atoms with Crippen molar-refractivity contribution in [3.8, 4) is 11.3 Å². The van der Waals surface area contributed by atoms with Crippen molar-refractivity contribution in [1.82, 2.24) is 9.66 Å². The average molecular weight is 257 g/mol. The van der Waals surface area contributed by atoms with Crippen molar-refractivity contribution < 1.29 is 0 Å². The maximum atomic E-state index is 6.07. The Morgan fingerprint density at radius 2 is 1.81 bits per heavy atom. The van der Waals surface area contributed by atoms with E-state index in [1.54, 1.807) is 25.1 Å². The van der Waals surface area contributed by atoms with Crippen LogP contribution in [0.3, 0.4) is 0 Å². The third-order valence-electron chi connectivity index (χ3n) is 2.32. The molecule has 0 unspecified atom stereocenters. The Kier molecular flexibility index (Phi) is 2.69. The maximum Gasteiger partial charge on any atom is 0.150 e. The van der Waals surface area contributed by atoms with E-state index in [2.05, 4.69) is 4.98 Å². The molecule has 4 N–H and O–H groups in total. The molecule has 0 saturated carbocycles. The second kappa shape index (κ2) is 3.88. The van der Waals surface area contributed by atoms with Crippen LogP contribution in [0.4, 0.5) is 5.82 Å². The van der Waals surface area contributed by atoms with Crippen LogP contribution in [0.2, 0.25) is 10.0 Å². The molecular weight excluding hydrogens is 247 g/mol. The molecule has 0 saturated heterocycles. The lowest BCUT2D eigenvalue weighted by molar-refractivity contribution is 0.937. The molecule has 1 aromatic heterocycles. The van der Waals surface area contributed by atoms with E-state index in [0.29, 0.717) is 32.9 Å². The topological polar surface area (TPSA) is 69.9 Å². The monoisotopic (exact) mass is 256 g/mol. The number of anilines is 1. The number of benzene rings is 1. The molecule has 0 aliphatic rings. The molecule has 0 aliphatic carbocycles. The normalized spacial score (nSPS) is 10.7. The van der Waals surface area contributed by atoms with Crippen LogP contribution in [-0.4, -0.2) is 9.66 Å². The molecule has 6 heteroatoms. The Balaban J connectivity index is 2.72. The summed E-state index contributed by atoms with van der Waals surface area (Å²) in [6.45, 7) is 1.75. The van der Waals surface area contributed by atoms with Gasteiger partial charge in [-0.2, -0.15) is 0 Å². The minimum Gasteiger partial charge on any atom is -0.382 e. The van der Waals surface area contributed by atoms with Gasteiger partial charge in [-0.3, -0.25) is 0 Å². The van der Waals surface area contributed by atoms with Gasteiger partial charge in [0.05, 0.1) is 10.0 Å². The third-order valence-corrected chi connectivity index (χ3v) is 2.95. The predicted molar refractivity (Wildman–Crippen MR) is 67.0 cm³/mol. The number of hydrogen-bond acceptors (Lipinski definition) is 3. The summed E-state index contributed by atoms with van der Waals surface area (Å²) in [5, 5.41) is 0.995. The molecule has 0 spiro atoms. The van der Waals surface area contributed by atoms with E-state index in [-0.39, 0.29) is 0 Å². The zero-order valence-electron chi connectivity index (χ0n) is 8.54. The quantitative estimate of drug-likeness (QED) is 0.771. The summed E-state index contributed by atoms with van der Waals surface area (Å²) in [7, 11) is 0. The molecule has 0 aliphatic heterocycles. The Bertz CT molecular complexity index is 528. The van der Waals surface area contributed by atoms with Crippen molar-refractivity contribution in [2.24, 2.45) is 0 Å². The predicted octanol–water partition coefficient (Wildman–Crippen LogP) is 2.46. The highest BCUT2D eigenvalue weighted by Gasteiger charge is 2.17. The van der Waals surface area contributed by atoms with Crippen LogP contribution in [0.25, 0.3) is 11.3 Å².